The number of pyridine rings is 1. The van der Waals surface area contributed by atoms with Crippen LogP contribution in [0.5, 0.6) is 0 Å². The number of benzene rings is 1. The number of hydrogen-bond donors (Lipinski definition) is 2. The number of esters is 1. The standard InChI is InChI=1S/C15H14N2O4/c1-2-21-15(20)11-7-13(9-16-8-11)17-12-5-3-10(4-6-12)14(18)19/h3-9,17H,2H2,1H3,(H,18,19). The van der Waals surface area contributed by atoms with Crippen LogP contribution in [0.1, 0.15) is 27.6 Å². The molecule has 6 nitrogen and oxygen atoms in total. The number of carbonyl (C=O) groups excluding carboxylic acids is 1. The zero-order chi connectivity index (χ0) is 15.2. The zero-order valence-electron chi connectivity index (χ0n) is 11.4. The summed E-state index contributed by atoms with van der Waals surface area (Å²) in [4.78, 5) is 26.4. The van der Waals surface area contributed by atoms with E-state index in [1.54, 1.807) is 31.3 Å². The van der Waals surface area contributed by atoms with E-state index in [1.807, 2.05) is 0 Å². The van der Waals surface area contributed by atoms with E-state index in [0.717, 1.165) is 0 Å². The molecule has 6 heteroatoms. The lowest BCUT2D eigenvalue weighted by Gasteiger charge is -2.08. The summed E-state index contributed by atoms with van der Waals surface area (Å²) in [5.41, 5.74) is 1.87. The van der Waals surface area contributed by atoms with Gasteiger partial charge in [-0.05, 0) is 37.3 Å². The van der Waals surface area contributed by atoms with Crippen LogP contribution >= 0.6 is 0 Å². The molecule has 1 aromatic heterocycles. The molecule has 0 unspecified atom stereocenters. The summed E-state index contributed by atoms with van der Waals surface area (Å²) >= 11 is 0. The second-order valence-electron chi connectivity index (χ2n) is 4.19. The number of ether oxygens (including phenoxy) is 1. The third kappa shape index (κ3) is 3.79. The number of hydrogen-bond acceptors (Lipinski definition) is 5. The van der Waals surface area contributed by atoms with E-state index in [0.29, 0.717) is 23.5 Å². The Morgan fingerprint density at radius 2 is 1.86 bits per heavy atom. The fourth-order valence-electron chi connectivity index (χ4n) is 1.70. The van der Waals surface area contributed by atoms with Gasteiger partial charge in [0.1, 0.15) is 0 Å². The molecule has 0 amide bonds. The van der Waals surface area contributed by atoms with Crippen molar-refractivity contribution in [3.05, 3.63) is 53.9 Å². The number of aromatic carboxylic acids is 1. The molecule has 0 fully saturated rings. The summed E-state index contributed by atoms with van der Waals surface area (Å²) in [6.45, 7) is 2.03. The molecule has 2 N–H and O–H groups in total. The molecule has 0 saturated heterocycles. The van der Waals surface area contributed by atoms with Crippen LogP contribution in [0, 0.1) is 0 Å². The highest BCUT2D eigenvalue weighted by Gasteiger charge is 2.08. The number of nitrogens with zero attached hydrogens (tertiary/aromatic N) is 1. The largest absolute Gasteiger partial charge is 0.478 e. The quantitative estimate of drug-likeness (QED) is 0.821. The molecule has 0 saturated carbocycles. The molecule has 0 bridgehead atoms. The molecule has 1 aromatic carbocycles. The normalized spacial score (nSPS) is 9.95. The highest BCUT2D eigenvalue weighted by molar-refractivity contribution is 5.90. The van der Waals surface area contributed by atoms with E-state index < -0.39 is 11.9 Å². The van der Waals surface area contributed by atoms with E-state index in [4.69, 9.17) is 9.84 Å². The topological polar surface area (TPSA) is 88.5 Å². The van der Waals surface area contributed by atoms with Crippen molar-refractivity contribution >= 4 is 23.3 Å². The second kappa shape index (κ2) is 6.51. The maximum atomic E-state index is 11.6. The first-order chi connectivity index (χ1) is 10.1. The molecule has 0 aliphatic rings. The molecule has 1 heterocycles. The van der Waals surface area contributed by atoms with Gasteiger partial charge in [0.25, 0.3) is 0 Å². The SMILES string of the molecule is CCOC(=O)c1cncc(Nc2ccc(C(=O)O)cc2)c1. The predicted molar refractivity (Wildman–Crippen MR) is 76.9 cm³/mol. The number of nitrogens with one attached hydrogen (secondary N) is 1. The summed E-state index contributed by atoms with van der Waals surface area (Å²) in [5.74, 6) is -1.41. The number of rotatable bonds is 5. The summed E-state index contributed by atoms with van der Waals surface area (Å²) in [7, 11) is 0. The van der Waals surface area contributed by atoms with E-state index >= 15 is 0 Å². The highest BCUT2D eigenvalue weighted by Crippen LogP contribution is 2.17. The molecule has 0 radical (unpaired) electrons. The van der Waals surface area contributed by atoms with Crippen LogP contribution in [0.3, 0.4) is 0 Å². The monoisotopic (exact) mass is 286 g/mol. The van der Waals surface area contributed by atoms with Gasteiger partial charge >= 0.3 is 11.9 Å². The minimum atomic E-state index is -0.979. The molecular weight excluding hydrogens is 272 g/mol. The Hall–Kier alpha value is -2.89. The van der Waals surface area contributed by atoms with Crippen molar-refractivity contribution in [1.29, 1.82) is 0 Å². The molecule has 0 atom stereocenters. The van der Waals surface area contributed by atoms with Gasteiger partial charge in [0.15, 0.2) is 0 Å². The molecular formula is C15H14N2O4. The van der Waals surface area contributed by atoms with Gasteiger partial charge in [-0.2, -0.15) is 0 Å². The Morgan fingerprint density at radius 1 is 1.14 bits per heavy atom. The van der Waals surface area contributed by atoms with E-state index in [9.17, 15) is 9.59 Å². The van der Waals surface area contributed by atoms with Gasteiger partial charge in [-0.1, -0.05) is 0 Å². The molecule has 108 valence electrons. The van der Waals surface area contributed by atoms with Crippen LogP contribution in [0.2, 0.25) is 0 Å². The molecule has 0 aliphatic heterocycles. The number of carboxylic acids is 1. The number of anilines is 2. The summed E-state index contributed by atoms with van der Waals surface area (Å²) in [6.07, 6.45) is 2.99. The van der Waals surface area contributed by atoms with Gasteiger partial charge in [0, 0.05) is 11.9 Å². The van der Waals surface area contributed by atoms with Gasteiger partial charge in [-0.15, -0.1) is 0 Å². The lowest BCUT2D eigenvalue weighted by Crippen LogP contribution is -2.05. The first kappa shape index (κ1) is 14.5. The third-order valence-corrected chi connectivity index (χ3v) is 2.67. The average Bonchev–Trinajstić information content (AvgIpc) is 2.48. The van der Waals surface area contributed by atoms with Crippen molar-refractivity contribution in [3.8, 4) is 0 Å². The van der Waals surface area contributed by atoms with E-state index in [2.05, 4.69) is 10.3 Å². The fraction of sp³-hybridized carbons (Fsp3) is 0.133. The number of carbonyl (C=O) groups is 2. The Bertz CT molecular complexity index is 653. The van der Waals surface area contributed by atoms with Crippen molar-refractivity contribution in [2.24, 2.45) is 0 Å². The van der Waals surface area contributed by atoms with Crippen LogP contribution in [0.25, 0.3) is 0 Å². The van der Waals surface area contributed by atoms with Gasteiger partial charge < -0.3 is 15.2 Å². The van der Waals surface area contributed by atoms with Crippen LogP contribution in [0.4, 0.5) is 11.4 Å². The first-order valence-corrected chi connectivity index (χ1v) is 6.32. The van der Waals surface area contributed by atoms with E-state index in [-0.39, 0.29) is 5.56 Å². The van der Waals surface area contributed by atoms with Gasteiger partial charge in [0.05, 0.1) is 29.6 Å². The number of aromatic nitrogens is 1. The minimum Gasteiger partial charge on any atom is -0.478 e. The maximum absolute atomic E-state index is 11.6. The Kier molecular flexibility index (Phi) is 4.50. The van der Waals surface area contributed by atoms with Crippen LogP contribution in [-0.4, -0.2) is 28.6 Å². The predicted octanol–water partition coefficient (Wildman–Crippen LogP) is 2.70. The van der Waals surface area contributed by atoms with Crippen molar-refractivity contribution in [3.63, 3.8) is 0 Å². The first-order valence-electron chi connectivity index (χ1n) is 6.32. The molecule has 0 spiro atoms. The Morgan fingerprint density at radius 3 is 2.48 bits per heavy atom. The van der Waals surface area contributed by atoms with Gasteiger partial charge in [-0.25, -0.2) is 9.59 Å². The zero-order valence-corrected chi connectivity index (χ0v) is 11.4. The van der Waals surface area contributed by atoms with Gasteiger partial charge in [0.2, 0.25) is 0 Å². The van der Waals surface area contributed by atoms with E-state index in [1.165, 1.54) is 18.3 Å². The van der Waals surface area contributed by atoms with Crippen LogP contribution < -0.4 is 5.32 Å². The Balaban J connectivity index is 2.14. The summed E-state index contributed by atoms with van der Waals surface area (Å²) in [5, 5.41) is 11.9. The lowest BCUT2D eigenvalue weighted by atomic mass is 10.2. The van der Waals surface area contributed by atoms with Crippen molar-refractivity contribution in [2.75, 3.05) is 11.9 Å². The lowest BCUT2D eigenvalue weighted by molar-refractivity contribution is 0.0525. The molecule has 0 aliphatic carbocycles. The average molecular weight is 286 g/mol. The molecule has 2 rings (SSSR count). The smallest absolute Gasteiger partial charge is 0.339 e. The summed E-state index contributed by atoms with van der Waals surface area (Å²) < 4.78 is 4.90. The number of carboxylic acid groups (broad SMARTS) is 1. The van der Waals surface area contributed by atoms with Crippen molar-refractivity contribution in [2.45, 2.75) is 6.92 Å². The molecule has 2 aromatic rings. The van der Waals surface area contributed by atoms with Crippen molar-refractivity contribution < 1.29 is 19.4 Å². The molecule has 21 heavy (non-hydrogen) atoms. The fourth-order valence-corrected chi connectivity index (χ4v) is 1.70. The van der Waals surface area contributed by atoms with Crippen LogP contribution in [-0.2, 0) is 4.74 Å². The van der Waals surface area contributed by atoms with Crippen molar-refractivity contribution in [1.82, 2.24) is 4.98 Å². The maximum Gasteiger partial charge on any atom is 0.339 e. The van der Waals surface area contributed by atoms with Crippen LogP contribution in [0.15, 0.2) is 42.7 Å². The Labute approximate surface area is 121 Å². The summed E-state index contributed by atoms with van der Waals surface area (Å²) in [6, 6.07) is 7.89. The second-order valence-corrected chi connectivity index (χ2v) is 4.19. The third-order valence-electron chi connectivity index (χ3n) is 2.67. The highest BCUT2D eigenvalue weighted by atomic mass is 16.5. The van der Waals surface area contributed by atoms with Gasteiger partial charge in [-0.3, -0.25) is 4.98 Å². The minimum absolute atomic E-state index is 0.207.